The number of anilines is 1. The number of carbonyl (C=O) groups excluding carboxylic acids is 2. The SMILES string of the molecule is COc1ccc(NC(=O)N2CCN(C(=O)N3CCCC3)CC2)cc1OCc1ccc2ccccc2n1. The van der Waals surface area contributed by atoms with Crippen molar-refractivity contribution >= 4 is 28.7 Å². The number of aromatic nitrogens is 1. The highest BCUT2D eigenvalue weighted by Crippen LogP contribution is 2.31. The van der Waals surface area contributed by atoms with Crippen LogP contribution in [0.5, 0.6) is 11.5 Å². The van der Waals surface area contributed by atoms with Crippen molar-refractivity contribution in [1.82, 2.24) is 19.7 Å². The molecule has 0 bridgehead atoms. The predicted octanol–water partition coefficient (Wildman–Crippen LogP) is 4.19. The van der Waals surface area contributed by atoms with E-state index < -0.39 is 0 Å². The molecule has 0 saturated carbocycles. The van der Waals surface area contributed by atoms with Crippen molar-refractivity contribution in [3.63, 3.8) is 0 Å². The zero-order chi connectivity index (χ0) is 24.9. The van der Waals surface area contributed by atoms with E-state index in [1.54, 1.807) is 30.2 Å². The second kappa shape index (κ2) is 10.7. The average Bonchev–Trinajstić information content (AvgIpc) is 3.47. The number of methoxy groups -OCH3 is 1. The van der Waals surface area contributed by atoms with E-state index >= 15 is 0 Å². The number of benzene rings is 2. The Hall–Kier alpha value is -4.01. The molecule has 2 aromatic carbocycles. The molecular formula is C27H31N5O4. The number of piperazine rings is 1. The third-order valence-electron chi connectivity index (χ3n) is 6.66. The average molecular weight is 490 g/mol. The first-order chi connectivity index (χ1) is 17.6. The fraction of sp³-hybridized carbons (Fsp3) is 0.370. The first-order valence-corrected chi connectivity index (χ1v) is 12.4. The van der Waals surface area contributed by atoms with E-state index in [4.69, 9.17) is 9.47 Å². The summed E-state index contributed by atoms with van der Waals surface area (Å²) in [4.78, 5) is 35.6. The molecule has 0 spiro atoms. The molecule has 4 amide bonds. The topological polar surface area (TPSA) is 87.2 Å². The van der Waals surface area contributed by atoms with Gasteiger partial charge in [-0.25, -0.2) is 14.6 Å². The van der Waals surface area contributed by atoms with E-state index in [0.29, 0.717) is 43.4 Å². The van der Waals surface area contributed by atoms with Gasteiger partial charge in [-0.05, 0) is 37.1 Å². The van der Waals surface area contributed by atoms with Gasteiger partial charge in [0.2, 0.25) is 0 Å². The summed E-state index contributed by atoms with van der Waals surface area (Å²) in [7, 11) is 1.58. The fourth-order valence-electron chi connectivity index (χ4n) is 4.62. The molecule has 3 aromatic rings. The molecule has 9 heteroatoms. The van der Waals surface area contributed by atoms with Crippen LogP contribution in [0.2, 0.25) is 0 Å². The van der Waals surface area contributed by atoms with Crippen LogP contribution in [0.3, 0.4) is 0 Å². The summed E-state index contributed by atoms with van der Waals surface area (Å²) < 4.78 is 11.5. The van der Waals surface area contributed by atoms with Gasteiger partial charge >= 0.3 is 12.1 Å². The van der Waals surface area contributed by atoms with Crippen LogP contribution in [0, 0.1) is 0 Å². The Labute approximate surface area is 210 Å². The van der Waals surface area contributed by atoms with Gasteiger partial charge in [-0.3, -0.25) is 0 Å². The molecule has 0 radical (unpaired) electrons. The number of nitrogens with zero attached hydrogens (tertiary/aromatic N) is 4. The summed E-state index contributed by atoms with van der Waals surface area (Å²) in [5, 5.41) is 4.02. The maximum atomic E-state index is 12.9. The summed E-state index contributed by atoms with van der Waals surface area (Å²) in [6.07, 6.45) is 2.14. The molecule has 3 heterocycles. The number of para-hydroxylation sites is 1. The maximum absolute atomic E-state index is 12.9. The number of urea groups is 2. The van der Waals surface area contributed by atoms with Gasteiger partial charge in [-0.1, -0.05) is 24.3 Å². The first kappa shape index (κ1) is 23.7. The van der Waals surface area contributed by atoms with Gasteiger partial charge in [0.1, 0.15) is 6.61 Å². The van der Waals surface area contributed by atoms with E-state index in [9.17, 15) is 9.59 Å². The Morgan fingerprint density at radius 2 is 1.58 bits per heavy atom. The molecule has 0 atom stereocenters. The van der Waals surface area contributed by atoms with E-state index in [0.717, 1.165) is 42.5 Å². The number of ether oxygens (including phenoxy) is 2. The molecular weight excluding hydrogens is 458 g/mol. The van der Waals surface area contributed by atoms with Gasteiger partial charge in [0.15, 0.2) is 11.5 Å². The molecule has 2 aliphatic rings. The van der Waals surface area contributed by atoms with Crippen molar-refractivity contribution in [2.45, 2.75) is 19.4 Å². The number of fused-ring (bicyclic) bond motifs is 1. The minimum atomic E-state index is -0.199. The normalized spacial score (nSPS) is 15.8. The number of hydrogen-bond donors (Lipinski definition) is 1. The smallest absolute Gasteiger partial charge is 0.321 e. The van der Waals surface area contributed by atoms with Gasteiger partial charge in [-0.15, -0.1) is 0 Å². The van der Waals surface area contributed by atoms with Crippen molar-refractivity contribution < 1.29 is 19.1 Å². The molecule has 188 valence electrons. The lowest BCUT2D eigenvalue weighted by Gasteiger charge is -2.36. The first-order valence-electron chi connectivity index (χ1n) is 12.4. The van der Waals surface area contributed by atoms with Crippen molar-refractivity contribution in [3.8, 4) is 11.5 Å². The summed E-state index contributed by atoms with van der Waals surface area (Å²) in [6, 6.07) is 17.1. The minimum Gasteiger partial charge on any atom is -0.493 e. The lowest BCUT2D eigenvalue weighted by Crippen LogP contribution is -2.54. The number of rotatable bonds is 5. The van der Waals surface area contributed by atoms with Crippen molar-refractivity contribution in [3.05, 3.63) is 60.3 Å². The molecule has 2 fully saturated rings. The molecule has 5 rings (SSSR count). The van der Waals surface area contributed by atoms with Crippen LogP contribution in [0.25, 0.3) is 10.9 Å². The fourth-order valence-corrected chi connectivity index (χ4v) is 4.62. The summed E-state index contributed by atoms with van der Waals surface area (Å²) in [5.41, 5.74) is 2.32. The Balaban J connectivity index is 1.18. The molecule has 1 aromatic heterocycles. The molecule has 0 unspecified atom stereocenters. The quantitative estimate of drug-likeness (QED) is 0.581. The highest BCUT2D eigenvalue weighted by atomic mass is 16.5. The van der Waals surface area contributed by atoms with Crippen LogP contribution in [-0.4, -0.2) is 78.1 Å². The second-order valence-electron chi connectivity index (χ2n) is 9.03. The van der Waals surface area contributed by atoms with E-state index in [1.165, 1.54) is 0 Å². The number of carbonyl (C=O) groups is 2. The Morgan fingerprint density at radius 1 is 0.861 bits per heavy atom. The lowest BCUT2D eigenvalue weighted by atomic mass is 10.2. The zero-order valence-electron chi connectivity index (χ0n) is 20.5. The van der Waals surface area contributed by atoms with E-state index in [1.807, 2.05) is 46.2 Å². The number of amides is 4. The number of pyridine rings is 1. The molecule has 36 heavy (non-hydrogen) atoms. The van der Waals surface area contributed by atoms with E-state index in [2.05, 4.69) is 10.3 Å². The molecule has 2 aliphatic heterocycles. The highest BCUT2D eigenvalue weighted by Gasteiger charge is 2.28. The van der Waals surface area contributed by atoms with Crippen LogP contribution in [0.1, 0.15) is 18.5 Å². The van der Waals surface area contributed by atoms with Gasteiger partial charge in [0.25, 0.3) is 0 Å². The minimum absolute atomic E-state index is 0.0883. The van der Waals surface area contributed by atoms with Gasteiger partial charge in [0, 0.05) is 56.4 Å². The van der Waals surface area contributed by atoms with Gasteiger partial charge in [-0.2, -0.15) is 0 Å². The Bertz CT molecular complexity index is 1240. The van der Waals surface area contributed by atoms with Gasteiger partial charge < -0.3 is 29.5 Å². The van der Waals surface area contributed by atoms with E-state index in [-0.39, 0.29) is 18.7 Å². The largest absolute Gasteiger partial charge is 0.493 e. The van der Waals surface area contributed by atoms with Crippen LogP contribution < -0.4 is 14.8 Å². The number of likely N-dealkylation sites (tertiary alicyclic amines) is 1. The van der Waals surface area contributed by atoms with Crippen LogP contribution in [-0.2, 0) is 6.61 Å². The van der Waals surface area contributed by atoms with Crippen LogP contribution in [0.15, 0.2) is 54.6 Å². The van der Waals surface area contributed by atoms with Crippen molar-refractivity contribution in [2.75, 3.05) is 51.7 Å². The van der Waals surface area contributed by atoms with Gasteiger partial charge in [0.05, 0.1) is 18.3 Å². The Morgan fingerprint density at radius 3 is 2.36 bits per heavy atom. The van der Waals surface area contributed by atoms with Crippen LogP contribution in [0.4, 0.5) is 15.3 Å². The third-order valence-corrected chi connectivity index (χ3v) is 6.66. The summed E-state index contributed by atoms with van der Waals surface area (Å²) >= 11 is 0. The van der Waals surface area contributed by atoms with Crippen molar-refractivity contribution in [1.29, 1.82) is 0 Å². The molecule has 2 saturated heterocycles. The van der Waals surface area contributed by atoms with Crippen LogP contribution >= 0.6 is 0 Å². The number of hydrogen-bond acceptors (Lipinski definition) is 5. The lowest BCUT2D eigenvalue weighted by molar-refractivity contribution is 0.128. The summed E-state index contributed by atoms with van der Waals surface area (Å²) in [6.45, 7) is 4.01. The maximum Gasteiger partial charge on any atom is 0.321 e. The molecule has 1 N–H and O–H groups in total. The standard InChI is InChI=1S/C27H31N5O4/c1-35-24-11-10-21(18-25(24)36-19-22-9-8-20-6-2-3-7-23(20)28-22)29-26(33)30-14-16-32(17-15-30)27(34)31-12-4-5-13-31/h2-3,6-11,18H,4-5,12-17,19H2,1H3,(H,29,33). The zero-order valence-corrected chi connectivity index (χ0v) is 20.5. The highest BCUT2D eigenvalue weighted by molar-refractivity contribution is 5.90. The van der Waals surface area contributed by atoms with Crippen molar-refractivity contribution in [2.24, 2.45) is 0 Å². The molecule has 9 nitrogen and oxygen atoms in total. The monoisotopic (exact) mass is 489 g/mol. The second-order valence-corrected chi connectivity index (χ2v) is 9.03. The Kier molecular flexibility index (Phi) is 7.06. The molecule has 0 aliphatic carbocycles. The summed E-state index contributed by atoms with van der Waals surface area (Å²) in [5.74, 6) is 1.09. The third kappa shape index (κ3) is 5.30. The number of nitrogens with one attached hydrogen (secondary N) is 1. The predicted molar refractivity (Wildman–Crippen MR) is 137 cm³/mol.